The van der Waals surface area contributed by atoms with E-state index in [1.54, 1.807) is 4.80 Å². The first kappa shape index (κ1) is 6.62. The Bertz CT molecular complexity index is 166. The lowest BCUT2D eigenvalue weighted by molar-refractivity contribution is 0.553. The molecule has 0 N–H and O–H groups in total. The zero-order chi connectivity index (χ0) is 6.69. The molecule has 1 unspecified atom stereocenters. The van der Waals surface area contributed by atoms with E-state index in [0.29, 0.717) is 8.58 Å². The molecule has 0 aliphatic rings. The molecule has 1 heterocycles. The van der Waals surface area contributed by atoms with Gasteiger partial charge in [-0.3, -0.25) is 0 Å². The Hall–Kier alpha value is -0.500. The van der Waals surface area contributed by atoms with Crippen molar-refractivity contribution in [2.24, 2.45) is 0 Å². The molecule has 1 rings (SSSR count). The molecule has 0 spiro atoms. The Morgan fingerprint density at radius 1 is 1.67 bits per heavy atom. The average Bonchev–Trinajstić information content (AvgIpc) is 2.34. The van der Waals surface area contributed by atoms with Crippen LogP contribution in [0.3, 0.4) is 0 Å². The quantitative estimate of drug-likeness (QED) is 0.532. The van der Waals surface area contributed by atoms with Crippen molar-refractivity contribution in [2.45, 2.75) is 13.5 Å². The molecule has 1 aromatic rings. The van der Waals surface area contributed by atoms with Gasteiger partial charge < -0.3 is 0 Å². The van der Waals surface area contributed by atoms with E-state index in [-0.39, 0.29) is 0 Å². The number of aromatic nitrogens is 4. The molecule has 0 fully saturated rings. The lowest BCUT2D eigenvalue weighted by Crippen LogP contribution is -2.03. The van der Waals surface area contributed by atoms with Gasteiger partial charge in [0.05, 0.1) is 6.54 Å². The summed E-state index contributed by atoms with van der Waals surface area (Å²) in [7, 11) is 0.648. The lowest BCUT2D eigenvalue weighted by Gasteiger charge is -1.84. The highest BCUT2D eigenvalue weighted by Gasteiger charge is 1.94. The van der Waals surface area contributed by atoms with Gasteiger partial charge in [0.15, 0.2) is 5.57 Å². The molecular formula is C4H9N4P. The number of nitrogens with zero attached hydrogens (tertiary/aromatic N) is 4. The molecule has 0 radical (unpaired) electrons. The largest absolute Gasteiger partial charge is 0.192 e. The van der Waals surface area contributed by atoms with Crippen LogP contribution in [0.2, 0.25) is 0 Å². The van der Waals surface area contributed by atoms with Crippen LogP contribution >= 0.6 is 8.58 Å². The Labute approximate surface area is 55.4 Å². The van der Waals surface area contributed by atoms with Crippen molar-refractivity contribution in [3.05, 3.63) is 0 Å². The molecule has 1 aromatic heterocycles. The molecule has 0 bridgehead atoms. The molecule has 0 aliphatic carbocycles. The van der Waals surface area contributed by atoms with Gasteiger partial charge in [-0.05, 0) is 27.4 Å². The van der Waals surface area contributed by atoms with Crippen molar-refractivity contribution in [1.82, 2.24) is 20.2 Å². The third-order valence-electron chi connectivity index (χ3n) is 0.959. The summed E-state index contributed by atoms with van der Waals surface area (Å²) in [5, 5.41) is 11.6. The molecular weight excluding hydrogens is 135 g/mol. The summed E-state index contributed by atoms with van der Waals surface area (Å²) in [6.07, 6.45) is 0. The topological polar surface area (TPSA) is 43.6 Å². The SMILES string of the molecule is CCn1nnc(PC)n1. The predicted octanol–water partition coefficient (Wildman–Crippen LogP) is -0.373. The summed E-state index contributed by atoms with van der Waals surface area (Å²) in [5.41, 5.74) is 0.844. The summed E-state index contributed by atoms with van der Waals surface area (Å²) in [5.74, 6) is 0. The first-order chi connectivity index (χ1) is 4.36. The van der Waals surface area contributed by atoms with E-state index in [1.807, 2.05) is 13.6 Å². The van der Waals surface area contributed by atoms with Crippen molar-refractivity contribution in [2.75, 3.05) is 6.66 Å². The van der Waals surface area contributed by atoms with E-state index in [1.165, 1.54) is 0 Å². The second-order valence-corrected chi connectivity index (χ2v) is 2.50. The standard InChI is InChI=1S/C4H9N4P/c1-3-8-6-4(9-2)5-7-8/h9H,3H2,1-2H3. The Morgan fingerprint density at radius 3 is 2.78 bits per heavy atom. The molecule has 0 amide bonds. The minimum absolute atomic E-state index is 0.648. The van der Waals surface area contributed by atoms with Crippen molar-refractivity contribution < 1.29 is 0 Å². The smallest absolute Gasteiger partial charge is 0.164 e. The molecule has 1 atom stereocenters. The van der Waals surface area contributed by atoms with Gasteiger partial charge in [0, 0.05) is 0 Å². The highest BCUT2D eigenvalue weighted by Crippen LogP contribution is 1.94. The molecule has 5 heteroatoms. The molecule has 0 aliphatic heterocycles. The van der Waals surface area contributed by atoms with Crippen LogP contribution in [-0.4, -0.2) is 26.9 Å². The fourth-order valence-corrected chi connectivity index (χ4v) is 0.837. The van der Waals surface area contributed by atoms with E-state index in [4.69, 9.17) is 0 Å². The van der Waals surface area contributed by atoms with E-state index >= 15 is 0 Å². The molecule has 0 saturated heterocycles. The van der Waals surface area contributed by atoms with Gasteiger partial charge >= 0.3 is 0 Å². The van der Waals surface area contributed by atoms with E-state index in [2.05, 4.69) is 15.4 Å². The van der Waals surface area contributed by atoms with Crippen LogP contribution in [0.5, 0.6) is 0 Å². The maximum atomic E-state index is 4.05. The van der Waals surface area contributed by atoms with Crippen molar-refractivity contribution in [3.63, 3.8) is 0 Å². The van der Waals surface area contributed by atoms with Gasteiger partial charge in [0.1, 0.15) is 0 Å². The first-order valence-electron chi connectivity index (χ1n) is 2.82. The van der Waals surface area contributed by atoms with E-state index in [0.717, 1.165) is 12.1 Å². The Kier molecular flexibility index (Phi) is 2.11. The van der Waals surface area contributed by atoms with Gasteiger partial charge in [-0.2, -0.15) is 4.80 Å². The summed E-state index contributed by atoms with van der Waals surface area (Å²) in [6.45, 7) is 4.83. The number of hydrogen-bond acceptors (Lipinski definition) is 3. The van der Waals surface area contributed by atoms with Crippen LogP contribution in [0.25, 0.3) is 0 Å². The van der Waals surface area contributed by atoms with Crippen molar-refractivity contribution in [1.29, 1.82) is 0 Å². The maximum absolute atomic E-state index is 4.05. The number of tetrazole rings is 1. The monoisotopic (exact) mass is 144 g/mol. The molecule has 0 saturated carbocycles. The van der Waals surface area contributed by atoms with Crippen LogP contribution in [0.4, 0.5) is 0 Å². The van der Waals surface area contributed by atoms with Crippen molar-refractivity contribution in [3.8, 4) is 0 Å². The molecule has 0 aromatic carbocycles. The molecule has 9 heavy (non-hydrogen) atoms. The van der Waals surface area contributed by atoms with E-state index < -0.39 is 0 Å². The molecule has 50 valence electrons. The lowest BCUT2D eigenvalue weighted by atomic mass is 10.8. The Balaban J connectivity index is 2.74. The second-order valence-electron chi connectivity index (χ2n) is 1.55. The summed E-state index contributed by atoms with van der Waals surface area (Å²) >= 11 is 0. The third kappa shape index (κ3) is 1.45. The summed E-state index contributed by atoms with van der Waals surface area (Å²) in [6, 6.07) is 0. The normalized spacial score (nSPS) is 11.3. The predicted molar refractivity (Wildman–Crippen MR) is 37.4 cm³/mol. The van der Waals surface area contributed by atoms with Gasteiger partial charge in [0.25, 0.3) is 0 Å². The minimum Gasteiger partial charge on any atom is -0.164 e. The third-order valence-corrected chi connectivity index (χ3v) is 1.61. The van der Waals surface area contributed by atoms with Gasteiger partial charge in [-0.25, -0.2) is 0 Å². The zero-order valence-electron chi connectivity index (χ0n) is 5.50. The number of rotatable bonds is 2. The maximum Gasteiger partial charge on any atom is 0.192 e. The summed E-state index contributed by atoms with van der Waals surface area (Å²) in [4.78, 5) is 1.59. The Morgan fingerprint density at radius 2 is 2.44 bits per heavy atom. The first-order valence-corrected chi connectivity index (χ1v) is 4.32. The number of hydrogen-bond donors (Lipinski definition) is 0. The van der Waals surface area contributed by atoms with Crippen LogP contribution < -0.4 is 5.57 Å². The fourth-order valence-electron chi connectivity index (χ4n) is 0.477. The van der Waals surface area contributed by atoms with E-state index in [9.17, 15) is 0 Å². The van der Waals surface area contributed by atoms with Crippen LogP contribution in [0, 0.1) is 0 Å². The average molecular weight is 144 g/mol. The number of aryl methyl sites for hydroxylation is 1. The van der Waals surface area contributed by atoms with Crippen LogP contribution in [-0.2, 0) is 6.54 Å². The van der Waals surface area contributed by atoms with Gasteiger partial charge in [0.2, 0.25) is 0 Å². The molecule has 4 nitrogen and oxygen atoms in total. The minimum atomic E-state index is 0.648. The van der Waals surface area contributed by atoms with Crippen LogP contribution in [0.1, 0.15) is 6.92 Å². The second kappa shape index (κ2) is 2.87. The summed E-state index contributed by atoms with van der Waals surface area (Å²) < 4.78 is 0. The highest BCUT2D eigenvalue weighted by atomic mass is 31.1. The van der Waals surface area contributed by atoms with Gasteiger partial charge in [-0.1, -0.05) is 0 Å². The van der Waals surface area contributed by atoms with Gasteiger partial charge in [-0.15, -0.1) is 10.2 Å². The fraction of sp³-hybridized carbons (Fsp3) is 0.750. The van der Waals surface area contributed by atoms with Crippen molar-refractivity contribution >= 4 is 14.1 Å². The highest BCUT2D eigenvalue weighted by molar-refractivity contribution is 7.45. The van der Waals surface area contributed by atoms with Crippen LogP contribution in [0.15, 0.2) is 0 Å². The zero-order valence-corrected chi connectivity index (χ0v) is 6.50.